The smallest absolute Gasteiger partial charge is 0.258 e. The van der Waals surface area contributed by atoms with Gasteiger partial charge in [-0.3, -0.25) is 9.20 Å². The van der Waals surface area contributed by atoms with Gasteiger partial charge in [0.05, 0.1) is 11.3 Å². The van der Waals surface area contributed by atoms with Gasteiger partial charge in [0.2, 0.25) is 5.78 Å². The summed E-state index contributed by atoms with van der Waals surface area (Å²) in [5.41, 5.74) is 1.87. The molecule has 4 aromatic rings. The second-order valence-electron chi connectivity index (χ2n) is 6.16. The van der Waals surface area contributed by atoms with Crippen LogP contribution in [0.5, 0.6) is 0 Å². The number of rotatable bonds is 3. The van der Waals surface area contributed by atoms with Gasteiger partial charge >= 0.3 is 0 Å². The van der Waals surface area contributed by atoms with Crippen LogP contribution in [0.15, 0.2) is 55.0 Å². The van der Waals surface area contributed by atoms with E-state index in [9.17, 15) is 18.0 Å². The summed E-state index contributed by atoms with van der Waals surface area (Å²) in [6, 6.07) is 8.65. The van der Waals surface area contributed by atoms with Crippen molar-refractivity contribution in [3.8, 4) is 11.3 Å². The van der Waals surface area contributed by atoms with E-state index in [0.29, 0.717) is 34.4 Å². The third kappa shape index (κ3) is 3.09. The normalized spacial score (nSPS) is 11.0. The molecule has 0 aliphatic carbocycles. The van der Waals surface area contributed by atoms with Gasteiger partial charge in [-0.25, -0.2) is 23.1 Å². The molecule has 2 aromatic heterocycles. The van der Waals surface area contributed by atoms with Crippen molar-refractivity contribution in [3.63, 3.8) is 0 Å². The van der Waals surface area contributed by atoms with Crippen molar-refractivity contribution in [2.75, 3.05) is 5.32 Å². The van der Waals surface area contributed by atoms with E-state index in [1.807, 2.05) is 12.3 Å². The molecule has 0 saturated heterocycles. The maximum Gasteiger partial charge on any atom is 0.258 e. The summed E-state index contributed by atoms with van der Waals surface area (Å²) in [7, 11) is 0. The predicted molar refractivity (Wildman–Crippen MR) is 97.4 cm³/mol. The summed E-state index contributed by atoms with van der Waals surface area (Å²) in [5, 5.41) is 2.54. The van der Waals surface area contributed by atoms with E-state index < -0.39 is 28.9 Å². The summed E-state index contributed by atoms with van der Waals surface area (Å²) in [6.45, 7) is 1.76. The van der Waals surface area contributed by atoms with Crippen LogP contribution in [0.1, 0.15) is 15.9 Å². The first-order valence-corrected chi connectivity index (χ1v) is 8.29. The molecule has 0 unspecified atom stereocenters. The number of carbonyl (C=O) groups is 1. The van der Waals surface area contributed by atoms with Crippen LogP contribution < -0.4 is 5.32 Å². The summed E-state index contributed by atoms with van der Waals surface area (Å²) in [6.07, 6.45) is 5.22. The summed E-state index contributed by atoms with van der Waals surface area (Å²) < 4.78 is 42.1. The standard InChI is InChI=1S/C20H13F3N4O/c1-11-3-4-12(16-10-27-8-2-7-24-20(27)26-16)9-15(11)25-19(28)13-5-6-14(21)18(23)17(13)22/h2-10H,1H3,(H,25,28). The van der Waals surface area contributed by atoms with Crippen LogP contribution in [0.4, 0.5) is 18.9 Å². The number of aryl methyl sites for hydroxylation is 1. The lowest BCUT2D eigenvalue weighted by Crippen LogP contribution is -2.16. The first-order chi connectivity index (χ1) is 13.4. The van der Waals surface area contributed by atoms with E-state index in [1.54, 1.807) is 41.9 Å². The fourth-order valence-electron chi connectivity index (χ4n) is 2.78. The Kier molecular flexibility index (Phi) is 4.31. The zero-order valence-electron chi connectivity index (χ0n) is 14.6. The van der Waals surface area contributed by atoms with Crippen LogP contribution in [0.3, 0.4) is 0 Å². The molecule has 0 atom stereocenters. The van der Waals surface area contributed by atoms with Gasteiger partial charge in [-0.1, -0.05) is 12.1 Å². The molecule has 2 heterocycles. The minimum absolute atomic E-state index is 0.400. The number of fused-ring (bicyclic) bond motifs is 1. The topological polar surface area (TPSA) is 59.3 Å². The molecule has 0 spiro atoms. The molecule has 28 heavy (non-hydrogen) atoms. The minimum Gasteiger partial charge on any atom is -0.322 e. The largest absolute Gasteiger partial charge is 0.322 e. The van der Waals surface area contributed by atoms with Gasteiger partial charge in [-0.2, -0.15) is 0 Å². The van der Waals surface area contributed by atoms with Gasteiger partial charge in [0.25, 0.3) is 5.91 Å². The number of nitrogens with one attached hydrogen (secondary N) is 1. The summed E-state index contributed by atoms with van der Waals surface area (Å²) >= 11 is 0. The van der Waals surface area contributed by atoms with Crippen molar-refractivity contribution in [1.29, 1.82) is 0 Å². The lowest BCUT2D eigenvalue weighted by atomic mass is 10.1. The predicted octanol–water partition coefficient (Wildman–Crippen LogP) is 4.37. The molecule has 5 nitrogen and oxygen atoms in total. The van der Waals surface area contributed by atoms with Crippen LogP contribution in [0.2, 0.25) is 0 Å². The van der Waals surface area contributed by atoms with Crippen molar-refractivity contribution < 1.29 is 18.0 Å². The highest BCUT2D eigenvalue weighted by atomic mass is 19.2. The Hall–Kier alpha value is -3.68. The number of carbonyl (C=O) groups excluding carboxylic acids is 1. The van der Waals surface area contributed by atoms with Gasteiger partial charge in [0, 0.05) is 29.8 Å². The summed E-state index contributed by atoms with van der Waals surface area (Å²) in [5.74, 6) is -4.93. The van der Waals surface area contributed by atoms with E-state index in [-0.39, 0.29) is 0 Å². The van der Waals surface area contributed by atoms with E-state index in [2.05, 4.69) is 15.3 Å². The number of benzene rings is 2. The number of amides is 1. The molecule has 8 heteroatoms. The highest BCUT2D eigenvalue weighted by Crippen LogP contribution is 2.26. The van der Waals surface area contributed by atoms with E-state index >= 15 is 0 Å². The maximum absolute atomic E-state index is 13.9. The number of nitrogens with zero attached hydrogens (tertiary/aromatic N) is 3. The van der Waals surface area contributed by atoms with E-state index in [4.69, 9.17) is 0 Å². The van der Waals surface area contributed by atoms with Gasteiger partial charge in [-0.05, 0) is 36.8 Å². The minimum atomic E-state index is -1.68. The Morgan fingerprint density at radius 2 is 1.93 bits per heavy atom. The molecular formula is C20H13F3N4O. The zero-order chi connectivity index (χ0) is 19.8. The molecule has 140 valence electrons. The van der Waals surface area contributed by atoms with Gasteiger partial charge in [0.15, 0.2) is 17.5 Å². The number of hydrogen-bond acceptors (Lipinski definition) is 3. The van der Waals surface area contributed by atoms with Gasteiger partial charge in [0.1, 0.15) is 0 Å². The first kappa shape index (κ1) is 17.7. The van der Waals surface area contributed by atoms with Crippen LogP contribution in [-0.4, -0.2) is 20.3 Å². The molecular weight excluding hydrogens is 369 g/mol. The van der Waals surface area contributed by atoms with E-state index in [0.717, 1.165) is 6.07 Å². The Morgan fingerprint density at radius 3 is 2.71 bits per heavy atom. The molecule has 0 radical (unpaired) electrons. The van der Waals surface area contributed by atoms with Crippen LogP contribution in [0, 0.1) is 24.4 Å². The number of anilines is 1. The molecule has 0 aliphatic rings. The molecule has 0 aliphatic heterocycles. The second kappa shape index (κ2) is 6.80. The van der Waals surface area contributed by atoms with Crippen molar-refractivity contribution in [1.82, 2.24) is 14.4 Å². The highest BCUT2D eigenvalue weighted by molar-refractivity contribution is 6.05. The molecule has 1 N–H and O–H groups in total. The Labute approximate surface area is 157 Å². The number of halogens is 3. The van der Waals surface area contributed by atoms with Crippen LogP contribution >= 0.6 is 0 Å². The van der Waals surface area contributed by atoms with Crippen molar-refractivity contribution in [3.05, 3.63) is 83.6 Å². The Morgan fingerprint density at radius 1 is 1.11 bits per heavy atom. The maximum atomic E-state index is 13.9. The molecule has 1 amide bonds. The van der Waals surface area contributed by atoms with Crippen LogP contribution in [-0.2, 0) is 0 Å². The van der Waals surface area contributed by atoms with Crippen molar-refractivity contribution >= 4 is 17.4 Å². The quantitative estimate of drug-likeness (QED) is 0.535. The zero-order valence-corrected chi connectivity index (χ0v) is 14.6. The van der Waals surface area contributed by atoms with Crippen LogP contribution in [0.25, 0.3) is 17.0 Å². The monoisotopic (exact) mass is 382 g/mol. The SMILES string of the molecule is Cc1ccc(-c2cn3cccnc3n2)cc1NC(=O)c1ccc(F)c(F)c1F. The lowest BCUT2D eigenvalue weighted by molar-refractivity contribution is 0.102. The van der Waals surface area contributed by atoms with Crippen molar-refractivity contribution in [2.45, 2.75) is 6.92 Å². The molecule has 0 fully saturated rings. The fourth-order valence-corrected chi connectivity index (χ4v) is 2.78. The number of hydrogen-bond donors (Lipinski definition) is 1. The van der Waals surface area contributed by atoms with Gasteiger partial charge < -0.3 is 5.32 Å². The molecule has 0 saturated carbocycles. The fraction of sp³-hybridized carbons (Fsp3) is 0.0500. The number of imidazole rings is 1. The summed E-state index contributed by atoms with van der Waals surface area (Å²) in [4.78, 5) is 20.9. The third-order valence-corrected chi connectivity index (χ3v) is 4.30. The first-order valence-electron chi connectivity index (χ1n) is 8.29. The number of aromatic nitrogens is 3. The average molecular weight is 382 g/mol. The Balaban J connectivity index is 1.68. The van der Waals surface area contributed by atoms with Gasteiger partial charge in [-0.15, -0.1) is 0 Å². The molecule has 0 bridgehead atoms. The second-order valence-corrected chi connectivity index (χ2v) is 6.16. The average Bonchev–Trinajstić information content (AvgIpc) is 3.12. The molecule has 2 aromatic carbocycles. The van der Waals surface area contributed by atoms with Crippen molar-refractivity contribution in [2.24, 2.45) is 0 Å². The lowest BCUT2D eigenvalue weighted by Gasteiger charge is -2.11. The highest BCUT2D eigenvalue weighted by Gasteiger charge is 2.19. The van der Waals surface area contributed by atoms with E-state index in [1.165, 1.54) is 0 Å². The third-order valence-electron chi connectivity index (χ3n) is 4.30. The molecule has 4 rings (SSSR count). The Bertz CT molecular complexity index is 1190.